The van der Waals surface area contributed by atoms with Gasteiger partial charge in [0.2, 0.25) is 0 Å². The van der Waals surface area contributed by atoms with Crippen molar-refractivity contribution < 1.29 is 0 Å². The lowest BCUT2D eigenvalue weighted by Crippen LogP contribution is -1.69. The van der Waals surface area contributed by atoms with Crippen LogP contribution in [-0.4, -0.2) is 0 Å². The Morgan fingerprint density at radius 3 is 2.80 bits per heavy atom. The highest BCUT2D eigenvalue weighted by molar-refractivity contribution is 9.10. The molecule has 0 N–H and O–H groups in total. The number of rotatable bonds is 1. The maximum atomic E-state index is 3.40. The fraction of sp³-hybridized carbons (Fsp3) is 0.111. The van der Waals surface area contributed by atoms with Crippen LogP contribution in [0.5, 0.6) is 0 Å². The van der Waals surface area contributed by atoms with Crippen LogP contribution in [0, 0.1) is 0 Å². The highest BCUT2D eigenvalue weighted by Gasteiger charge is 1.85. The van der Waals surface area contributed by atoms with E-state index in [2.05, 4.69) is 34.1 Å². The Hall–Kier alpha value is -0.560. The molecule has 1 aromatic carbocycles. The van der Waals surface area contributed by atoms with Crippen molar-refractivity contribution in [1.29, 1.82) is 0 Å². The summed E-state index contributed by atoms with van der Waals surface area (Å²) in [4.78, 5) is 0. The third-order valence-electron chi connectivity index (χ3n) is 1.21. The lowest BCUT2D eigenvalue weighted by Gasteiger charge is -1.91. The van der Waals surface area contributed by atoms with Crippen LogP contribution < -0.4 is 0 Å². The molecule has 1 heteroatoms. The lowest BCUT2D eigenvalue weighted by molar-refractivity contribution is 1.60. The molecule has 1 aromatic rings. The van der Waals surface area contributed by atoms with Gasteiger partial charge >= 0.3 is 0 Å². The van der Waals surface area contributed by atoms with Gasteiger partial charge < -0.3 is 0 Å². The summed E-state index contributed by atoms with van der Waals surface area (Å²) < 4.78 is 1.13. The Balaban J connectivity index is 2.95. The van der Waals surface area contributed by atoms with Crippen molar-refractivity contribution in [1.82, 2.24) is 0 Å². The third-order valence-corrected chi connectivity index (χ3v) is 1.70. The Kier molecular flexibility index (Phi) is 2.69. The van der Waals surface area contributed by atoms with Crippen LogP contribution in [0.3, 0.4) is 0 Å². The summed E-state index contributed by atoms with van der Waals surface area (Å²) in [6.45, 7) is 2.01. The second-order valence-corrected chi connectivity index (χ2v) is 2.97. The van der Waals surface area contributed by atoms with Gasteiger partial charge in [-0.15, -0.1) is 0 Å². The van der Waals surface area contributed by atoms with Crippen molar-refractivity contribution in [3.8, 4) is 0 Å². The first-order valence-electron chi connectivity index (χ1n) is 3.21. The van der Waals surface area contributed by atoms with E-state index in [1.54, 1.807) is 0 Å². The zero-order valence-electron chi connectivity index (χ0n) is 5.84. The monoisotopic (exact) mass is 196 g/mol. The van der Waals surface area contributed by atoms with E-state index >= 15 is 0 Å². The van der Waals surface area contributed by atoms with Crippen LogP contribution in [0.15, 0.2) is 34.8 Å². The molecular weight excluding hydrogens is 188 g/mol. The van der Waals surface area contributed by atoms with E-state index in [1.807, 2.05) is 25.1 Å². The average molecular weight is 197 g/mol. The van der Waals surface area contributed by atoms with Crippen LogP contribution in [0.1, 0.15) is 12.5 Å². The van der Waals surface area contributed by atoms with E-state index < -0.39 is 0 Å². The number of hydrogen-bond acceptors (Lipinski definition) is 0. The second-order valence-electron chi connectivity index (χ2n) is 2.06. The zero-order valence-corrected chi connectivity index (χ0v) is 7.43. The minimum absolute atomic E-state index is 1.13. The van der Waals surface area contributed by atoms with Crippen LogP contribution in [0.2, 0.25) is 0 Å². The average Bonchev–Trinajstić information content (AvgIpc) is 1.88. The summed E-state index contributed by atoms with van der Waals surface area (Å²) in [6, 6.07) is 8.21. The van der Waals surface area contributed by atoms with Crippen LogP contribution >= 0.6 is 15.9 Å². The number of halogens is 1. The van der Waals surface area contributed by atoms with Gasteiger partial charge in [-0.2, -0.15) is 0 Å². The van der Waals surface area contributed by atoms with Crippen molar-refractivity contribution in [3.63, 3.8) is 0 Å². The van der Waals surface area contributed by atoms with E-state index in [9.17, 15) is 0 Å². The summed E-state index contributed by atoms with van der Waals surface area (Å²) in [6.07, 6.45) is 4.10. The van der Waals surface area contributed by atoms with E-state index in [4.69, 9.17) is 0 Å². The first-order chi connectivity index (χ1) is 4.83. The van der Waals surface area contributed by atoms with Gasteiger partial charge in [-0.25, -0.2) is 0 Å². The molecule has 0 saturated heterocycles. The van der Waals surface area contributed by atoms with E-state index in [0.717, 1.165) is 4.47 Å². The third kappa shape index (κ3) is 1.99. The van der Waals surface area contributed by atoms with Crippen molar-refractivity contribution in [2.24, 2.45) is 0 Å². The van der Waals surface area contributed by atoms with Gasteiger partial charge in [0.05, 0.1) is 0 Å². The Morgan fingerprint density at radius 2 is 2.20 bits per heavy atom. The van der Waals surface area contributed by atoms with Crippen molar-refractivity contribution >= 4 is 22.0 Å². The largest absolute Gasteiger partial charge is 0.0871 e. The quantitative estimate of drug-likeness (QED) is 0.646. The Bertz CT molecular complexity index is 238. The van der Waals surface area contributed by atoms with Crippen LogP contribution in [0.25, 0.3) is 6.08 Å². The molecule has 0 saturated carbocycles. The molecule has 0 amide bonds. The molecule has 0 aliphatic carbocycles. The summed E-state index contributed by atoms with van der Waals surface area (Å²) >= 11 is 3.40. The molecule has 0 aliphatic heterocycles. The minimum atomic E-state index is 1.13. The van der Waals surface area contributed by atoms with Gasteiger partial charge in [0, 0.05) is 4.47 Å². The topological polar surface area (TPSA) is 0 Å². The van der Waals surface area contributed by atoms with Gasteiger partial charge in [0.25, 0.3) is 0 Å². The van der Waals surface area contributed by atoms with Gasteiger partial charge in [-0.3, -0.25) is 0 Å². The molecular formula is C9H9Br. The molecule has 10 heavy (non-hydrogen) atoms. The second kappa shape index (κ2) is 3.57. The predicted octanol–water partition coefficient (Wildman–Crippen LogP) is 3.48. The Labute approximate surface area is 69.7 Å². The predicted molar refractivity (Wildman–Crippen MR) is 48.9 cm³/mol. The number of allylic oxidation sites excluding steroid dienone is 1. The lowest BCUT2D eigenvalue weighted by atomic mass is 10.2. The van der Waals surface area contributed by atoms with Gasteiger partial charge in [-0.05, 0) is 24.6 Å². The highest BCUT2D eigenvalue weighted by atomic mass is 79.9. The molecule has 0 heterocycles. The molecule has 0 radical (unpaired) electrons. The fourth-order valence-electron chi connectivity index (χ4n) is 0.803. The van der Waals surface area contributed by atoms with Crippen LogP contribution in [0.4, 0.5) is 0 Å². The first kappa shape index (κ1) is 7.55. The molecule has 52 valence electrons. The fourth-order valence-corrected chi connectivity index (χ4v) is 1.22. The highest BCUT2D eigenvalue weighted by Crippen LogP contribution is 2.12. The summed E-state index contributed by atoms with van der Waals surface area (Å²) in [5.41, 5.74) is 1.23. The van der Waals surface area contributed by atoms with Gasteiger partial charge in [0.1, 0.15) is 0 Å². The van der Waals surface area contributed by atoms with Crippen molar-refractivity contribution in [2.75, 3.05) is 0 Å². The van der Waals surface area contributed by atoms with Gasteiger partial charge in [0.15, 0.2) is 0 Å². The minimum Gasteiger partial charge on any atom is -0.0871 e. The first-order valence-corrected chi connectivity index (χ1v) is 4.00. The number of benzene rings is 1. The van der Waals surface area contributed by atoms with E-state index in [0.29, 0.717) is 0 Å². The van der Waals surface area contributed by atoms with Crippen molar-refractivity contribution in [2.45, 2.75) is 6.92 Å². The molecule has 0 atom stereocenters. The van der Waals surface area contributed by atoms with Crippen LogP contribution in [-0.2, 0) is 0 Å². The molecule has 0 fully saturated rings. The summed E-state index contributed by atoms with van der Waals surface area (Å²) in [5.74, 6) is 0. The maximum absolute atomic E-state index is 3.40. The molecule has 0 unspecified atom stereocenters. The molecule has 0 aliphatic rings. The summed E-state index contributed by atoms with van der Waals surface area (Å²) in [7, 11) is 0. The zero-order chi connectivity index (χ0) is 7.40. The Morgan fingerprint density at radius 1 is 1.40 bits per heavy atom. The maximum Gasteiger partial charge on any atom is 0.0181 e. The molecule has 0 nitrogen and oxygen atoms in total. The summed E-state index contributed by atoms with van der Waals surface area (Å²) in [5, 5.41) is 0. The normalized spacial score (nSPS) is 10.6. The molecule has 0 spiro atoms. The van der Waals surface area contributed by atoms with E-state index in [-0.39, 0.29) is 0 Å². The SMILES string of the molecule is CC=Cc1cccc(Br)c1. The van der Waals surface area contributed by atoms with Gasteiger partial charge in [-0.1, -0.05) is 40.2 Å². The smallest absolute Gasteiger partial charge is 0.0181 e. The van der Waals surface area contributed by atoms with Crippen molar-refractivity contribution in [3.05, 3.63) is 40.4 Å². The molecule has 0 aromatic heterocycles. The standard InChI is InChI=1S/C9H9Br/c1-2-4-8-5-3-6-9(10)7-8/h2-7H,1H3. The number of hydrogen-bond donors (Lipinski definition) is 0. The molecule has 0 bridgehead atoms. The molecule has 1 rings (SSSR count). The van der Waals surface area contributed by atoms with E-state index in [1.165, 1.54) is 5.56 Å².